The van der Waals surface area contributed by atoms with Crippen molar-refractivity contribution in [2.75, 3.05) is 0 Å². The van der Waals surface area contributed by atoms with Gasteiger partial charge in [0, 0.05) is 11.6 Å². The Morgan fingerprint density at radius 2 is 1.81 bits per heavy atom. The molecule has 0 aliphatic carbocycles. The summed E-state index contributed by atoms with van der Waals surface area (Å²) in [6.45, 7) is 2.62. The molecule has 82 valence electrons. The Labute approximate surface area is 101 Å². The Bertz CT molecular complexity index is 506. The largest absolute Gasteiger partial charge is 0.326 e. The van der Waals surface area contributed by atoms with Gasteiger partial charge in [-0.05, 0) is 41.3 Å². The van der Waals surface area contributed by atoms with Gasteiger partial charge in [0.1, 0.15) is 0 Å². The molecule has 0 spiro atoms. The van der Waals surface area contributed by atoms with E-state index in [1.807, 2.05) is 30.3 Å². The Morgan fingerprint density at radius 1 is 1.06 bits per heavy atom. The summed E-state index contributed by atoms with van der Waals surface area (Å²) in [5.74, 6) is 0. The fourth-order valence-corrected chi connectivity index (χ4v) is 2.12. The predicted molar refractivity (Wildman–Crippen MR) is 69.5 cm³/mol. The monoisotopic (exact) mass is 231 g/mol. The molecule has 0 saturated carbocycles. The smallest absolute Gasteiger partial charge is 0.0409 e. The van der Waals surface area contributed by atoms with Gasteiger partial charge in [-0.25, -0.2) is 0 Å². The molecule has 2 heteroatoms. The van der Waals surface area contributed by atoms with E-state index in [0.717, 1.165) is 10.6 Å². The summed E-state index contributed by atoms with van der Waals surface area (Å²) < 4.78 is 0. The molecule has 0 aliphatic heterocycles. The maximum absolute atomic E-state index is 5.95. The predicted octanol–water partition coefficient (Wildman–Crippen LogP) is 3.77. The average molecular weight is 232 g/mol. The van der Waals surface area contributed by atoms with Crippen molar-refractivity contribution in [2.24, 2.45) is 5.73 Å². The first kappa shape index (κ1) is 11.2. The molecular weight excluding hydrogens is 218 g/mol. The van der Waals surface area contributed by atoms with E-state index < -0.39 is 0 Å². The van der Waals surface area contributed by atoms with Gasteiger partial charge in [-0.2, -0.15) is 0 Å². The lowest BCUT2D eigenvalue weighted by Gasteiger charge is -2.10. The summed E-state index contributed by atoms with van der Waals surface area (Å²) in [6.07, 6.45) is 0. The minimum atomic E-state index is 0.554. The Hall–Kier alpha value is -1.31. The first-order valence-corrected chi connectivity index (χ1v) is 5.64. The molecule has 0 fully saturated rings. The first-order chi connectivity index (χ1) is 7.72. The zero-order valence-corrected chi connectivity index (χ0v) is 9.96. The lowest BCUT2D eigenvalue weighted by atomic mass is 9.96. The van der Waals surface area contributed by atoms with Crippen molar-refractivity contribution in [1.29, 1.82) is 0 Å². The van der Waals surface area contributed by atoms with E-state index in [1.54, 1.807) is 0 Å². The van der Waals surface area contributed by atoms with Crippen LogP contribution >= 0.6 is 11.6 Å². The Kier molecular flexibility index (Phi) is 3.28. The van der Waals surface area contributed by atoms with Gasteiger partial charge in [0.05, 0.1) is 0 Å². The third kappa shape index (κ3) is 2.11. The van der Waals surface area contributed by atoms with E-state index >= 15 is 0 Å². The van der Waals surface area contributed by atoms with Gasteiger partial charge in [-0.3, -0.25) is 0 Å². The summed E-state index contributed by atoms with van der Waals surface area (Å²) in [6, 6.07) is 14.1. The second-order valence-electron chi connectivity index (χ2n) is 3.82. The quantitative estimate of drug-likeness (QED) is 0.837. The molecule has 2 aromatic rings. The Balaban J connectivity index is 2.58. The number of hydrogen-bond donors (Lipinski definition) is 1. The maximum Gasteiger partial charge on any atom is 0.0409 e. The van der Waals surface area contributed by atoms with Crippen molar-refractivity contribution in [2.45, 2.75) is 13.5 Å². The third-order valence-electron chi connectivity index (χ3n) is 2.72. The second-order valence-corrected chi connectivity index (χ2v) is 4.26. The number of halogens is 1. The molecule has 0 aliphatic rings. The van der Waals surface area contributed by atoms with E-state index in [9.17, 15) is 0 Å². The fraction of sp³-hybridized carbons (Fsp3) is 0.143. The molecule has 2 aromatic carbocycles. The number of aryl methyl sites for hydroxylation is 1. The number of rotatable bonds is 2. The highest BCUT2D eigenvalue weighted by Crippen LogP contribution is 2.28. The van der Waals surface area contributed by atoms with Crippen LogP contribution in [0.5, 0.6) is 0 Å². The molecule has 0 aromatic heterocycles. The van der Waals surface area contributed by atoms with Crippen LogP contribution in [0.3, 0.4) is 0 Å². The molecule has 2 rings (SSSR count). The summed E-state index contributed by atoms with van der Waals surface area (Å²) >= 11 is 5.95. The van der Waals surface area contributed by atoms with Crippen LogP contribution in [-0.4, -0.2) is 0 Å². The molecular formula is C14H14ClN. The normalized spacial score (nSPS) is 10.4. The highest BCUT2D eigenvalue weighted by atomic mass is 35.5. The van der Waals surface area contributed by atoms with Crippen molar-refractivity contribution in [3.63, 3.8) is 0 Å². The lowest BCUT2D eigenvalue weighted by molar-refractivity contribution is 1.07. The van der Waals surface area contributed by atoms with Gasteiger partial charge < -0.3 is 5.73 Å². The fourth-order valence-electron chi connectivity index (χ4n) is 1.89. The minimum Gasteiger partial charge on any atom is -0.326 e. The van der Waals surface area contributed by atoms with E-state index in [2.05, 4.69) is 19.1 Å². The van der Waals surface area contributed by atoms with Crippen LogP contribution in [0.15, 0.2) is 42.5 Å². The van der Waals surface area contributed by atoms with Crippen molar-refractivity contribution < 1.29 is 0 Å². The second kappa shape index (κ2) is 4.69. The van der Waals surface area contributed by atoms with Crippen molar-refractivity contribution in [1.82, 2.24) is 0 Å². The summed E-state index contributed by atoms with van der Waals surface area (Å²) in [5, 5.41) is 0.770. The average Bonchev–Trinajstić information content (AvgIpc) is 2.29. The van der Waals surface area contributed by atoms with E-state index in [1.165, 1.54) is 16.7 Å². The zero-order chi connectivity index (χ0) is 11.5. The molecule has 0 radical (unpaired) electrons. The van der Waals surface area contributed by atoms with Crippen molar-refractivity contribution in [3.8, 4) is 11.1 Å². The van der Waals surface area contributed by atoms with Crippen LogP contribution < -0.4 is 5.73 Å². The van der Waals surface area contributed by atoms with Gasteiger partial charge in [-0.1, -0.05) is 41.9 Å². The number of nitrogens with two attached hydrogens (primary N) is 1. The van der Waals surface area contributed by atoms with Crippen LogP contribution in [-0.2, 0) is 6.54 Å². The maximum atomic E-state index is 5.95. The molecule has 2 N–H and O–H groups in total. The van der Waals surface area contributed by atoms with Gasteiger partial charge in [0.25, 0.3) is 0 Å². The van der Waals surface area contributed by atoms with Crippen LogP contribution in [0.1, 0.15) is 11.1 Å². The van der Waals surface area contributed by atoms with Crippen LogP contribution in [0.25, 0.3) is 11.1 Å². The zero-order valence-electron chi connectivity index (χ0n) is 9.20. The summed E-state index contributed by atoms with van der Waals surface area (Å²) in [7, 11) is 0. The summed E-state index contributed by atoms with van der Waals surface area (Å²) in [4.78, 5) is 0. The van der Waals surface area contributed by atoms with Gasteiger partial charge in [0.15, 0.2) is 0 Å². The van der Waals surface area contributed by atoms with Crippen LogP contribution in [0, 0.1) is 6.92 Å². The molecule has 0 amide bonds. The standard InChI is InChI=1S/C14H14ClN/c1-10-8-12(15)6-7-13(10)14-5-3-2-4-11(14)9-16/h2-8H,9,16H2,1H3. The highest BCUT2D eigenvalue weighted by molar-refractivity contribution is 6.30. The highest BCUT2D eigenvalue weighted by Gasteiger charge is 2.06. The molecule has 0 saturated heterocycles. The molecule has 0 atom stereocenters. The van der Waals surface area contributed by atoms with Crippen LogP contribution in [0.4, 0.5) is 0 Å². The van der Waals surface area contributed by atoms with Crippen molar-refractivity contribution >= 4 is 11.6 Å². The first-order valence-electron chi connectivity index (χ1n) is 5.27. The molecule has 0 unspecified atom stereocenters. The number of benzene rings is 2. The van der Waals surface area contributed by atoms with Gasteiger partial charge in [0.2, 0.25) is 0 Å². The lowest BCUT2D eigenvalue weighted by Crippen LogP contribution is -1.99. The minimum absolute atomic E-state index is 0.554. The van der Waals surface area contributed by atoms with E-state index in [4.69, 9.17) is 17.3 Å². The van der Waals surface area contributed by atoms with Gasteiger partial charge in [-0.15, -0.1) is 0 Å². The van der Waals surface area contributed by atoms with Crippen LogP contribution in [0.2, 0.25) is 5.02 Å². The number of hydrogen-bond acceptors (Lipinski definition) is 1. The molecule has 0 bridgehead atoms. The van der Waals surface area contributed by atoms with E-state index in [0.29, 0.717) is 6.54 Å². The Morgan fingerprint density at radius 3 is 2.50 bits per heavy atom. The SMILES string of the molecule is Cc1cc(Cl)ccc1-c1ccccc1CN. The van der Waals surface area contributed by atoms with Gasteiger partial charge >= 0.3 is 0 Å². The van der Waals surface area contributed by atoms with E-state index in [-0.39, 0.29) is 0 Å². The topological polar surface area (TPSA) is 26.0 Å². The molecule has 1 nitrogen and oxygen atoms in total. The third-order valence-corrected chi connectivity index (χ3v) is 2.95. The summed E-state index contributed by atoms with van der Waals surface area (Å²) in [5.41, 5.74) is 10.5. The molecule has 16 heavy (non-hydrogen) atoms. The van der Waals surface area contributed by atoms with Crippen molar-refractivity contribution in [3.05, 3.63) is 58.6 Å². The molecule has 0 heterocycles.